The molecule has 0 radical (unpaired) electrons. The van der Waals surface area contributed by atoms with Gasteiger partial charge in [0.2, 0.25) is 20.0 Å². The highest BCUT2D eigenvalue weighted by atomic mass is 32.2. The van der Waals surface area contributed by atoms with Gasteiger partial charge in [0.15, 0.2) is 0 Å². The highest BCUT2D eigenvalue weighted by molar-refractivity contribution is 7.90. The second-order valence-electron chi connectivity index (χ2n) is 6.90. The normalized spacial score (nSPS) is 16.3. The molecule has 1 saturated carbocycles. The molecular formula is C19H20N2O5S2. The van der Waals surface area contributed by atoms with Crippen molar-refractivity contribution in [2.45, 2.75) is 41.6 Å². The van der Waals surface area contributed by atoms with E-state index in [0.717, 1.165) is 18.2 Å². The summed E-state index contributed by atoms with van der Waals surface area (Å²) in [5, 5.41) is 0.878. The van der Waals surface area contributed by atoms with Crippen LogP contribution in [0.2, 0.25) is 0 Å². The number of sulfonamides is 2. The highest BCUT2D eigenvalue weighted by Gasteiger charge is 2.29. The van der Waals surface area contributed by atoms with Crippen LogP contribution in [-0.4, -0.2) is 22.9 Å². The summed E-state index contributed by atoms with van der Waals surface area (Å²) in [6, 6.07) is 13.8. The number of benzene rings is 2. The second-order valence-corrected chi connectivity index (χ2v) is 10.3. The average Bonchev–Trinajstić information content (AvgIpc) is 3.34. The fourth-order valence-electron chi connectivity index (χ4n) is 2.87. The van der Waals surface area contributed by atoms with Gasteiger partial charge in [0.1, 0.15) is 11.3 Å². The van der Waals surface area contributed by atoms with Crippen molar-refractivity contribution in [2.75, 3.05) is 0 Å². The van der Waals surface area contributed by atoms with Crippen molar-refractivity contribution in [1.29, 1.82) is 0 Å². The smallest absolute Gasteiger partial charge is 0.241 e. The summed E-state index contributed by atoms with van der Waals surface area (Å²) in [6.45, 7) is 1.67. The van der Waals surface area contributed by atoms with Crippen LogP contribution in [0.3, 0.4) is 0 Å². The third kappa shape index (κ3) is 3.97. The molecule has 9 heteroatoms. The molecule has 0 aliphatic heterocycles. The molecule has 0 bridgehead atoms. The molecule has 1 atom stereocenters. The fraction of sp³-hybridized carbons (Fsp3) is 0.263. The SMILES string of the molecule is CC(NS(=O)(=O)c1cccc(S(=O)(=O)NC2CC2)c1)c1cc2ccccc2o1. The Morgan fingerprint density at radius 2 is 1.61 bits per heavy atom. The summed E-state index contributed by atoms with van der Waals surface area (Å²) >= 11 is 0. The second kappa shape index (κ2) is 7.00. The molecule has 1 aromatic heterocycles. The molecule has 2 aromatic carbocycles. The lowest BCUT2D eigenvalue weighted by Crippen LogP contribution is -2.28. The number of hydrogen-bond donors (Lipinski definition) is 2. The molecular weight excluding hydrogens is 400 g/mol. The quantitative estimate of drug-likeness (QED) is 0.611. The highest BCUT2D eigenvalue weighted by Crippen LogP contribution is 2.26. The molecule has 7 nitrogen and oxygen atoms in total. The first kappa shape index (κ1) is 19.1. The minimum Gasteiger partial charge on any atom is -0.459 e. The molecule has 1 aliphatic carbocycles. The predicted octanol–water partition coefficient (Wildman–Crippen LogP) is 2.91. The lowest BCUT2D eigenvalue weighted by molar-refractivity contribution is 0.484. The largest absolute Gasteiger partial charge is 0.459 e. The first-order chi connectivity index (χ1) is 13.2. The average molecular weight is 421 g/mol. The van der Waals surface area contributed by atoms with Gasteiger partial charge in [-0.05, 0) is 50.1 Å². The molecule has 0 saturated heterocycles. The van der Waals surface area contributed by atoms with Crippen LogP contribution in [0.4, 0.5) is 0 Å². The molecule has 3 aromatic rings. The van der Waals surface area contributed by atoms with Crippen molar-refractivity contribution in [3.63, 3.8) is 0 Å². The van der Waals surface area contributed by atoms with E-state index in [9.17, 15) is 16.8 Å². The van der Waals surface area contributed by atoms with Crippen LogP contribution in [0, 0.1) is 0 Å². The first-order valence-electron chi connectivity index (χ1n) is 8.88. The molecule has 1 heterocycles. The van der Waals surface area contributed by atoms with Crippen LogP contribution in [0.15, 0.2) is 68.8 Å². The molecule has 4 rings (SSSR count). The number of rotatable bonds is 7. The monoisotopic (exact) mass is 420 g/mol. The van der Waals surface area contributed by atoms with E-state index in [1.807, 2.05) is 18.2 Å². The lowest BCUT2D eigenvalue weighted by atomic mass is 10.2. The van der Waals surface area contributed by atoms with Crippen LogP contribution in [0.5, 0.6) is 0 Å². The van der Waals surface area contributed by atoms with Gasteiger partial charge in [0.05, 0.1) is 15.8 Å². The maximum absolute atomic E-state index is 12.8. The Morgan fingerprint density at radius 3 is 2.29 bits per heavy atom. The molecule has 1 aliphatic rings. The summed E-state index contributed by atoms with van der Waals surface area (Å²) in [5.41, 5.74) is 0.669. The maximum atomic E-state index is 12.8. The Bertz CT molecular complexity index is 1190. The maximum Gasteiger partial charge on any atom is 0.241 e. The minimum absolute atomic E-state index is 0.0588. The number of para-hydroxylation sites is 1. The molecule has 28 heavy (non-hydrogen) atoms. The van der Waals surface area contributed by atoms with Crippen molar-refractivity contribution >= 4 is 31.0 Å². The van der Waals surface area contributed by atoms with E-state index >= 15 is 0 Å². The van der Waals surface area contributed by atoms with Gasteiger partial charge in [-0.3, -0.25) is 0 Å². The summed E-state index contributed by atoms with van der Waals surface area (Å²) in [4.78, 5) is -0.187. The van der Waals surface area contributed by atoms with E-state index in [-0.39, 0.29) is 15.8 Å². The van der Waals surface area contributed by atoms with Crippen molar-refractivity contribution in [3.8, 4) is 0 Å². The molecule has 0 amide bonds. The van der Waals surface area contributed by atoms with Gasteiger partial charge in [0.25, 0.3) is 0 Å². The zero-order valence-electron chi connectivity index (χ0n) is 15.1. The van der Waals surface area contributed by atoms with Crippen molar-refractivity contribution in [3.05, 3.63) is 60.4 Å². The van der Waals surface area contributed by atoms with Gasteiger partial charge >= 0.3 is 0 Å². The molecule has 1 unspecified atom stereocenters. The molecule has 2 N–H and O–H groups in total. The van der Waals surface area contributed by atoms with Gasteiger partial charge in [0, 0.05) is 11.4 Å². The van der Waals surface area contributed by atoms with Gasteiger partial charge in [-0.1, -0.05) is 24.3 Å². The van der Waals surface area contributed by atoms with Crippen LogP contribution < -0.4 is 9.44 Å². The van der Waals surface area contributed by atoms with Gasteiger partial charge in [-0.15, -0.1) is 0 Å². The zero-order chi connectivity index (χ0) is 19.9. The van der Waals surface area contributed by atoms with E-state index in [2.05, 4.69) is 9.44 Å². The molecule has 1 fully saturated rings. The van der Waals surface area contributed by atoms with Crippen LogP contribution in [0.1, 0.15) is 31.6 Å². The number of nitrogens with one attached hydrogen (secondary N) is 2. The topological polar surface area (TPSA) is 105 Å². The van der Waals surface area contributed by atoms with Crippen LogP contribution >= 0.6 is 0 Å². The summed E-state index contributed by atoms with van der Waals surface area (Å²) in [7, 11) is -7.68. The van der Waals surface area contributed by atoms with Gasteiger partial charge in [-0.2, -0.15) is 0 Å². The summed E-state index contributed by atoms with van der Waals surface area (Å²) in [6.07, 6.45) is 1.60. The predicted molar refractivity (Wildman–Crippen MR) is 105 cm³/mol. The fourth-order valence-corrected chi connectivity index (χ4v) is 5.55. The van der Waals surface area contributed by atoms with Crippen LogP contribution in [-0.2, 0) is 20.0 Å². The first-order valence-corrected chi connectivity index (χ1v) is 11.8. The van der Waals surface area contributed by atoms with Gasteiger partial charge in [-0.25, -0.2) is 26.3 Å². The Labute approximate surface area is 163 Å². The van der Waals surface area contributed by atoms with E-state index in [4.69, 9.17) is 4.42 Å². The third-order valence-electron chi connectivity index (χ3n) is 4.53. The van der Waals surface area contributed by atoms with E-state index in [1.54, 1.807) is 19.1 Å². The van der Waals surface area contributed by atoms with E-state index in [1.165, 1.54) is 24.3 Å². The number of hydrogen-bond acceptors (Lipinski definition) is 5. The van der Waals surface area contributed by atoms with Crippen molar-refractivity contribution in [2.24, 2.45) is 0 Å². The summed E-state index contributed by atoms with van der Waals surface area (Å²) in [5.74, 6) is 0.476. The Morgan fingerprint density at radius 1 is 0.929 bits per heavy atom. The number of fused-ring (bicyclic) bond motifs is 1. The van der Waals surface area contributed by atoms with E-state index < -0.39 is 26.1 Å². The minimum atomic E-state index is -3.94. The Kier molecular flexibility index (Phi) is 4.78. The van der Waals surface area contributed by atoms with E-state index in [0.29, 0.717) is 11.3 Å². The summed E-state index contributed by atoms with van der Waals surface area (Å²) < 4.78 is 61.1. The molecule has 0 spiro atoms. The lowest BCUT2D eigenvalue weighted by Gasteiger charge is -2.13. The van der Waals surface area contributed by atoms with Gasteiger partial charge < -0.3 is 4.42 Å². The standard InChI is InChI=1S/C19H20N2O5S2/c1-13(19-11-14-5-2-3-8-18(14)26-19)20-27(22,23)16-6-4-7-17(12-16)28(24,25)21-15-9-10-15/h2-8,11-13,15,20-21H,9-10H2,1H3. The van der Waals surface area contributed by atoms with Crippen molar-refractivity contribution < 1.29 is 21.3 Å². The zero-order valence-corrected chi connectivity index (χ0v) is 16.8. The number of furan rings is 1. The Balaban J connectivity index is 1.58. The van der Waals surface area contributed by atoms with Crippen LogP contribution in [0.25, 0.3) is 11.0 Å². The third-order valence-corrected chi connectivity index (χ3v) is 7.59. The molecule has 148 valence electrons. The van der Waals surface area contributed by atoms with Crippen molar-refractivity contribution in [1.82, 2.24) is 9.44 Å². The Hall–Kier alpha value is -2.20.